The van der Waals surface area contributed by atoms with Crippen molar-refractivity contribution < 1.29 is 9.90 Å². The molecule has 1 N–H and O–H groups in total. The third-order valence-corrected chi connectivity index (χ3v) is 3.44. The van der Waals surface area contributed by atoms with Gasteiger partial charge in [-0.25, -0.2) is 9.97 Å². The lowest BCUT2D eigenvalue weighted by molar-refractivity contribution is -0.137. The molecule has 1 rings (SSSR count). The second kappa shape index (κ2) is 5.30. The number of hydrogen-bond acceptors (Lipinski definition) is 4. The van der Waals surface area contributed by atoms with Crippen LogP contribution in [0.4, 0.5) is 0 Å². The van der Waals surface area contributed by atoms with Crippen molar-refractivity contribution >= 4 is 17.7 Å². The summed E-state index contributed by atoms with van der Waals surface area (Å²) in [6.45, 7) is 7.52. The number of hydrogen-bond donors (Lipinski definition) is 1. The van der Waals surface area contributed by atoms with Crippen LogP contribution in [-0.4, -0.2) is 26.3 Å². The molecule has 0 aliphatic heterocycles. The summed E-state index contributed by atoms with van der Waals surface area (Å²) in [7, 11) is 0. The summed E-state index contributed by atoms with van der Waals surface area (Å²) in [5.74, 6) is -0.769. The molecule has 16 heavy (non-hydrogen) atoms. The monoisotopic (exact) mass is 240 g/mol. The van der Waals surface area contributed by atoms with Gasteiger partial charge >= 0.3 is 5.97 Å². The molecule has 0 aromatic carbocycles. The number of rotatable bonds is 4. The molecule has 0 amide bonds. The Morgan fingerprint density at radius 1 is 1.31 bits per heavy atom. The van der Waals surface area contributed by atoms with Gasteiger partial charge in [0, 0.05) is 11.4 Å². The Labute approximate surface area is 99.5 Å². The molecular weight excluding hydrogens is 224 g/mol. The second-order valence-electron chi connectivity index (χ2n) is 4.05. The number of aromatic nitrogens is 2. The summed E-state index contributed by atoms with van der Waals surface area (Å²) in [5, 5.41) is 9.11. The van der Waals surface area contributed by atoms with Crippen molar-refractivity contribution in [2.45, 2.75) is 38.1 Å². The normalized spacial score (nSPS) is 12.8. The summed E-state index contributed by atoms with van der Waals surface area (Å²) in [6, 6.07) is 1.87. The average molecular weight is 240 g/mol. The fourth-order valence-electron chi connectivity index (χ4n) is 1.33. The second-order valence-corrected chi connectivity index (χ2v) is 5.16. The fraction of sp³-hybridized carbons (Fsp3) is 0.545. The van der Waals surface area contributed by atoms with E-state index in [1.54, 1.807) is 0 Å². The number of carboxylic acids is 1. The summed E-state index contributed by atoms with van der Waals surface area (Å²) in [5.41, 5.74) is 1.73. The molecule has 88 valence electrons. The Bertz CT molecular complexity index is 373. The zero-order valence-corrected chi connectivity index (χ0v) is 10.7. The van der Waals surface area contributed by atoms with Crippen LogP contribution in [0.15, 0.2) is 11.2 Å². The molecule has 0 radical (unpaired) electrons. The zero-order chi connectivity index (χ0) is 12.3. The fourth-order valence-corrected chi connectivity index (χ4v) is 2.32. The van der Waals surface area contributed by atoms with E-state index >= 15 is 0 Å². The highest BCUT2D eigenvalue weighted by Gasteiger charge is 2.24. The summed E-state index contributed by atoms with van der Waals surface area (Å²) < 4.78 is 0. The Morgan fingerprint density at radius 3 is 2.19 bits per heavy atom. The largest absolute Gasteiger partial charge is 0.480 e. The average Bonchev–Trinajstić information content (AvgIpc) is 2.11. The van der Waals surface area contributed by atoms with Gasteiger partial charge in [0.25, 0.3) is 0 Å². The molecule has 5 heteroatoms. The van der Waals surface area contributed by atoms with E-state index in [9.17, 15) is 4.79 Å². The van der Waals surface area contributed by atoms with Crippen LogP contribution in [0.3, 0.4) is 0 Å². The minimum absolute atomic E-state index is 0.0481. The van der Waals surface area contributed by atoms with Crippen LogP contribution in [-0.2, 0) is 4.79 Å². The van der Waals surface area contributed by atoms with Gasteiger partial charge in [0.2, 0.25) is 0 Å². The predicted octanol–water partition coefficient (Wildman–Crippen LogP) is 2.29. The quantitative estimate of drug-likeness (QED) is 0.646. The third kappa shape index (κ3) is 3.48. The third-order valence-electron chi connectivity index (χ3n) is 2.04. The SMILES string of the molecule is Cc1cc(C)nc(SC(C(=O)O)C(C)C)n1. The van der Waals surface area contributed by atoms with Gasteiger partial charge in [0.1, 0.15) is 5.25 Å². The van der Waals surface area contributed by atoms with Crippen molar-refractivity contribution in [1.29, 1.82) is 0 Å². The molecule has 1 aromatic heterocycles. The minimum Gasteiger partial charge on any atom is -0.480 e. The summed E-state index contributed by atoms with van der Waals surface area (Å²) in [6.07, 6.45) is 0. The molecule has 0 bridgehead atoms. The highest BCUT2D eigenvalue weighted by atomic mass is 32.2. The number of aryl methyl sites for hydroxylation is 2. The first-order chi connectivity index (χ1) is 7.40. The van der Waals surface area contributed by atoms with E-state index in [1.807, 2.05) is 33.8 Å². The molecular formula is C11H16N2O2S. The van der Waals surface area contributed by atoms with Gasteiger partial charge in [-0.1, -0.05) is 25.6 Å². The van der Waals surface area contributed by atoms with Crippen LogP contribution >= 0.6 is 11.8 Å². The van der Waals surface area contributed by atoms with Crippen molar-refractivity contribution in [3.05, 3.63) is 17.5 Å². The van der Waals surface area contributed by atoms with E-state index in [1.165, 1.54) is 11.8 Å². The maximum absolute atomic E-state index is 11.0. The lowest BCUT2D eigenvalue weighted by atomic mass is 10.1. The highest BCUT2D eigenvalue weighted by Crippen LogP contribution is 2.25. The predicted molar refractivity (Wildman–Crippen MR) is 63.6 cm³/mol. The first-order valence-corrected chi connectivity index (χ1v) is 6.00. The number of carbonyl (C=O) groups is 1. The van der Waals surface area contributed by atoms with Gasteiger partial charge < -0.3 is 5.11 Å². The lowest BCUT2D eigenvalue weighted by Crippen LogP contribution is -2.22. The molecule has 0 spiro atoms. The number of thioether (sulfide) groups is 1. The Hall–Kier alpha value is -1.10. The number of carboxylic acid groups (broad SMARTS) is 1. The maximum Gasteiger partial charge on any atom is 0.317 e. The van der Waals surface area contributed by atoms with Gasteiger partial charge in [-0.05, 0) is 25.8 Å². The zero-order valence-electron chi connectivity index (χ0n) is 9.89. The Balaban J connectivity index is 2.89. The van der Waals surface area contributed by atoms with Crippen LogP contribution in [0.25, 0.3) is 0 Å². The van der Waals surface area contributed by atoms with Crippen LogP contribution in [0, 0.1) is 19.8 Å². The molecule has 4 nitrogen and oxygen atoms in total. The lowest BCUT2D eigenvalue weighted by Gasteiger charge is -2.14. The van der Waals surface area contributed by atoms with Gasteiger partial charge in [-0.15, -0.1) is 0 Å². The molecule has 1 aromatic rings. The van der Waals surface area contributed by atoms with Crippen molar-refractivity contribution in [3.8, 4) is 0 Å². The highest BCUT2D eigenvalue weighted by molar-refractivity contribution is 8.00. The van der Waals surface area contributed by atoms with Crippen molar-refractivity contribution in [3.63, 3.8) is 0 Å². The molecule has 0 aliphatic rings. The van der Waals surface area contributed by atoms with Crippen LogP contribution < -0.4 is 0 Å². The van der Waals surface area contributed by atoms with Gasteiger partial charge in [-0.3, -0.25) is 4.79 Å². The van der Waals surface area contributed by atoms with E-state index in [-0.39, 0.29) is 5.92 Å². The van der Waals surface area contributed by atoms with E-state index in [4.69, 9.17) is 5.11 Å². The van der Waals surface area contributed by atoms with E-state index < -0.39 is 11.2 Å². The topological polar surface area (TPSA) is 63.1 Å². The first-order valence-electron chi connectivity index (χ1n) is 5.12. The first kappa shape index (κ1) is 13.0. The van der Waals surface area contributed by atoms with Crippen molar-refractivity contribution in [1.82, 2.24) is 9.97 Å². The molecule has 0 saturated carbocycles. The van der Waals surface area contributed by atoms with Gasteiger partial charge in [0.15, 0.2) is 5.16 Å². The minimum atomic E-state index is -0.817. The summed E-state index contributed by atoms with van der Waals surface area (Å²) >= 11 is 1.21. The van der Waals surface area contributed by atoms with Gasteiger partial charge in [-0.2, -0.15) is 0 Å². The Morgan fingerprint density at radius 2 is 1.81 bits per heavy atom. The van der Waals surface area contributed by atoms with Gasteiger partial charge in [0.05, 0.1) is 0 Å². The van der Waals surface area contributed by atoms with Crippen LogP contribution in [0.5, 0.6) is 0 Å². The number of nitrogens with zero attached hydrogens (tertiary/aromatic N) is 2. The van der Waals surface area contributed by atoms with Crippen LogP contribution in [0.2, 0.25) is 0 Å². The smallest absolute Gasteiger partial charge is 0.317 e. The van der Waals surface area contributed by atoms with E-state index in [2.05, 4.69) is 9.97 Å². The molecule has 1 heterocycles. The maximum atomic E-state index is 11.0. The van der Waals surface area contributed by atoms with Crippen molar-refractivity contribution in [2.24, 2.45) is 5.92 Å². The number of aliphatic carboxylic acids is 1. The van der Waals surface area contributed by atoms with Crippen LogP contribution in [0.1, 0.15) is 25.2 Å². The molecule has 0 saturated heterocycles. The standard InChI is InChI=1S/C11H16N2O2S/c1-6(2)9(10(14)15)16-11-12-7(3)5-8(4)13-11/h5-6,9H,1-4H3,(H,14,15). The summed E-state index contributed by atoms with van der Waals surface area (Å²) in [4.78, 5) is 19.5. The Kier molecular flexibility index (Phi) is 4.29. The molecule has 0 aliphatic carbocycles. The van der Waals surface area contributed by atoms with Crippen molar-refractivity contribution in [2.75, 3.05) is 0 Å². The van der Waals surface area contributed by atoms with E-state index in [0.717, 1.165) is 11.4 Å². The molecule has 0 fully saturated rings. The van der Waals surface area contributed by atoms with E-state index in [0.29, 0.717) is 5.16 Å². The molecule has 1 atom stereocenters. The molecule has 1 unspecified atom stereocenters.